The first kappa shape index (κ1) is 15.4. The first-order chi connectivity index (χ1) is 10.2. The number of rotatable bonds is 6. The fourth-order valence-electron chi connectivity index (χ4n) is 2.05. The summed E-state index contributed by atoms with van der Waals surface area (Å²) in [5.41, 5.74) is 2.06. The highest BCUT2D eigenvalue weighted by Gasteiger charge is 2.11. The van der Waals surface area contributed by atoms with Gasteiger partial charge in [0.15, 0.2) is 5.82 Å². The standard InChI is InChI=1S/C16H20FN3O/c1-4-18-15-9-14(19-16(20-15)10-21-5-2)12-7-6-8-13(17)11(12)3/h6-9H,4-5,10H2,1-3H3,(H,18,19,20). The summed E-state index contributed by atoms with van der Waals surface area (Å²) in [6.45, 7) is 7.37. The van der Waals surface area contributed by atoms with Gasteiger partial charge in [-0.25, -0.2) is 14.4 Å². The molecule has 0 spiro atoms. The molecular formula is C16H20FN3O. The van der Waals surface area contributed by atoms with Crippen LogP contribution in [0.25, 0.3) is 11.3 Å². The van der Waals surface area contributed by atoms with Crippen molar-refractivity contribution in [3.63, 3.8) is 0 Å². The number of anilines is 1. The van der Waals surface area contributed by atoms with Gasteiger partial charge in [-0.2, -0.15) is 0 Å². The van der Waals surface area contributed by atoms with Gasteiger partial charge in [0.2, 0.25) is 0 Å². The lowest BCUT2D eigenvalue weighted by Crippen LogP contribution is -2.06. The van der Waals surface area contributed by atoms with E-state index in [0.29, 0.717) is 30.3 Å². The third kappa shape index (κ3) is 3.76. The summed E-state index contributed by atoms with van der Waals surface area (Å²) in [5.74, 6) is 1.08. The maximum absolute atomic E-state index is 13.7. The highest BCUT2D eigenvalue weighted by molar-refractivity contribution is 5.66. The fourth-order valence-corrected chi connectivity index (χ4v) is 2.05. The van der Waals surface area contributed by atoms with Gasteiger partial charge < -0.3 is 10.1 Å². The molecule has 0 saturated heterocycles. The van der Waals surface area contributed by atoms with E-state index < -0.39 is 0 Å². The van der Waals surface area contributed by atoms with E-state index in [1.165, 1.54) is 6.07 Å². The summed E-state index contributed by atoms with van der Waals surface area (Å²) in [7, 11) is 0. The Morgan fingerprint density at radius 1 is 1.24 bits per heavy atom. The lowest BCUT2D eigenvalue weighted by atomic mass is 10.0. The van der Waals surface area contributed by atoms with Gasteiger partial charge in [-0.05, 0) is 32.4 Å². The molecule has 0 radical (unpaired) electrons. The Labute approximate surface area is 124 Å². The maximum Gasteiger partial charge on any atom is 0.157 e. The Bertz CT molecular complexity index is 616. The number of hydrogen-bond acceptors (Lipinski definition) is 4. The summed E-state index contributed by atoms with van der Waals surface area (Å²) >= 11 is 0. The molecule has 0 aliphatic heterocycles. The number of nitrogens with zero attached hydrogens (tertiary/aromatic N) is 2. The Hall–Kier alpha value is -2.01. The van der Waals surface area contributed by atoms with Crippen LogP contribution in [0.3, 0.4) is 0 Å². The third-order valence-electron chi connectivity index (χ3n) is 3.11. The number of benzene rings is 1. The van der Waals surface area contributed by atoms with Crippen molar-refractivity contribution in [3.8, 4) is 11.3 Å². The van der Waals surface area contributed by atoms with Crippen LogP contribution >= 0.6 is 0 Å². The number of halogens is 1. The second kappa shape index (κ2) is 7.13. The van der Waals surface area contributed by atoms with Crippen LogP contribution in [0.15, 0.2) is 24.3 Å². The van der Waals surface area contributed by atoms with Gasteiger partial charge in [-0.15, -0.1) is 0 Å². The second-order valence-electron chi connectivity index (χ2n) is 4.63. The highest BCUT2D eigenvalue weighted by Crippen LogP contribution is 2.25. The minimum atomic E-state index is -0.234. The van der Waals surface area contributed by atoms with E-state index in [4.69, 9.17) is 4.74 Å². The number of hydrogen-bond donors (Lipinski definition) is 1. The normalized spacial score (nSPS) is 10.7. The smallest absolute Gasteiger partial charge is 0.157 e. The molecule has 2 aromatic rings. The SMILES string of the molecule is CCNc1cc(-c2cccc(F)c2C)nc(COCC)n1. The van der Waals surface area contributed by atoms with Crippen molar-refractivity contribution >= 4 is 5.82 Å². The van der Waals surface area contributed by atoms with Crippen molar-refractivity contribution in [2.45, 2.75) is 27.4 Å². The lowest BCUT2D eigenvalue weighted by Gasteiger charge is -2.11. The Balaban J connectivity index is 2.45. The molecule has 0 fully saturated rings. The van der Waals surface area contributed by atoms with Crippen molar-refractivity contribution in [2.24, 2.45) is 0 Å². The summed E-state index contributed by atoms with van der Waals surface area (Å²) in [4.78, 5) is 8.88. The molecule has 0 amide bonds. The Kier molecular flexibility index (Phi) is 5.22. The molecule has 0 unspecified atom stereocenters. The third-order valence-corrected chi connectivity index (χ3v) is 3.11. The number of aromatic nitrogens is 2. The molecular weight excluding hydrogens is 269 g/mol. The minimum absolute atomic E-state index is 0.234. The van der Waals surface area contributed by atoms with E-state index in [1.807, 2.05) is 26.0 Å². The van der Waals surface area contributed by atoms with Crippen molar-refractivity contribution in [2.75, 3.05) is 18.5 Å². The van der Waals surface area contributed by atoms with Gasteiger partial charge in [-0.3, -0.25) is 0 Å². The molecule has 1 aromatic heterocycles. The molecule has 1 heterocycles. The zero-order valence-corrected chi connectivity index (χ0v) is 12.6. The molecule has 0 saturated carbocycles. The molecule has 21 heavy (non-hydrogen) atoms. The molecule has 112 valence electrons. The van der Waals surface area contributed by atoms with E-state index in [0.717, 1.165) is 17.9 Å². The van der Waals surface area contributed by atoms with Crippen molar-refractivity contribution < 1.29 is 9.13 Å². The topological polar surface area (TPSA) is 47.0 Å². The van der Waals surface area contributed by atoms with Crippen molar-refractivity contribution in [3.05, 3.63) is 41.5 Å². The van der Waals surface area contributed by atoms with E-state index in [-0.39, 0.29) is 5.82 Å². The average molecular weight is 289 g/mol. The second-order valence-corrected chi connectivity index (χ2v) is 4.63. The number of ether oxygens (including phenoxy) is 1. The number of nitrogens with one attached hydrogen (secondary N) is 1. The molecule has 0 aliphatic carbocycles. The van der Waals surface area contributed by atoms with Crippen LogP contribution in [0.1, 0.15) is 25.2 Å². The average Bonchev–Trinajstić information content (AvgIpc) is 2.48. The monoisotopic (exact) mass is 289 g/mol. The summed E-state index contributed by atoms with van der Waals surface area (Å²) in [6, 6.07) is 6.84. The largest absolute Gasteiger partial charge is 0.374 e. The van der Waals surface area contributed by atoms with E-state index in [9.17, 15) is 4.39 Å². The maximum atomic E-state index is 13.7. The van der Waals surface area contributed by atoms with Gasteiger partial charge in [0.1, 0.15) is 18.2 Å². The minimum Gasteiger partial charge on any atom is -0.374 e. The first-order valence-electron chi connectivity index (χ1n) is 7.10. The van der Waals surface area contributed by atoms with Crippen LogP contribution in [0.4, 0.5) is 10.2 Å². The predicted molar refractivity (Wildman–Crippen MR) is 81.7 cm³/mol. The van der Waals surface area contributed by atoms with Crippen LogP contribution in [-0.2, 0) is 11.3 Å². The van der Waals surface area contributed by atoms with Crippen LogP contribution < -0.4 is 5.32 Å². The molecule has 5 heteroatoms. The van der Waals surface area contributed by atoms with Gasteiger partial charge in [0.25, 0.3) is 0 Å². The van der Waals surface area contributed by atoms with Crippen LogP contribution in [0.5, 0.6) is 0 Å². The van der Waals surface area contributed by atoms with Crippen LogP contribution in [-0.4, -0.2) is 23.1 Å². The van der Waals surface area contributed by atoms with E-state index in [2.05, 4.69) is 15.3 Å². The highest BCUT2D eigenvalue weighted by atomic mass is 19.1. The Morgan fingerprint density at radius 2 is 2.05 bits per heavy atom. The van der Waals surface area contributed by atoms with Gasteiger partial charge in [-0.1, -0.05) is 12.1 Å². The molecule has 2 rings (SSSR count). The van der Waals surface area contributed by atoms with Gasteiger partial charge in [0, 0.05) is 24.8 Å². The lowest BCUT2D eigenvalue weighted by molar-refractivity contribution is 0.128. The quantitative estimate of drug-likeness (QED) is 0.883. The summed E-state index contributed by atoms with van der Waals surface area (Å²) < 4.78 is 19.1. The summed E-state index contributed by atoms with van der Waals surface area (Å²) in [6.07, 6.45) is 0. The van der Waals surface area contributed by atoms with E-state index >= 15 is 0 Å². The van der Waals surface area contributed by atoms with Crippen molar-refractivity contribution in [1.82, 2.24) is 9.97 Å². The fraction of sp³-hybridized carbons (Fsp3) is 0.375. The van der Waals surface area contributed by atoms with Crippen LogP contribution in [0.2, 0.25) is 0 Å². The molecule has 0 bridgehead atoms. The van der Waals surface area contributed by atoms with Crippen LogP contribution in [0, 0.1) is 12.7 Å². The van der Waals surface area contributed by atoms with Crippen molar-refractivity contribution in [1.29, 1.82) is 0 Å². The van der Waals surface area contributed by atoms with Gasteiger partial charge >= 0.3 is 0 Å². The first-order valence-corrected chi connectivity index (χ1v) is 7.10. The Morgan fingerprint density at radius 3 is 2.76 bits per heavy atom. The molecule has 0 atom stereocenters. The van der Waals surface area contributed by atoms with E-state index in [1.54, 1.807) is 13.0 Å². The predicted octanol–water partition coefficient (Wildman–Crippen LogP) is 3.56. The zero-order chi connectivity index (χ0) is 15.2. The molecule has 0 aliphatic rings. The van der Waals surface area contributed by atoms with Gasteiger partial charge in [0.05, 0.1) is 5.69 Å². The zero-order valence-electron chi connectivity index (χ0n) is 12.6. The molecule has 4 nitrogen and oxygen atoms in total. The summed E-state index contributed by atoms with van der Waals surface area (Å²) in [5, 5.41) is 3.17. The molecule has 1 N–H and O–H groups in total. The molecule has 1 aromatic carbocycles.